The van der Waals surface area contributed by atoms with Crippen LogP contribution in [-0.4, -0.2) is 47.3 Å². The highest BCUT2D eigenvalue weighted by Crippen LogP contribution is 2.07. The van der Waals surface area contributed by atoms with E-state index in [1.54, 1.807) is 0 Å². The van der Waals surface area contributed by atoms with Gasteiger partial charge in [0.2, 0.25) is 5.89 Å². The van der Waals surface area contributed by atoms with Gasteiger partial charge in [0.15, 0.2) is 5.82 Å². The molecule has 5 nitrogen and oxygen atoms in total. The van der Waals surface area contributed by atoms with Gasteiger partial charge in [-0.3, -0.25) is 0 Å². The van der Waals surface area contributed by atoms with Crippen molar-refractivity contribution in [1.82, 2.24) is 20.4 Å². The van der Waals surface area contributed by atoms with E-state index in [1.807, 2.05) is 0 Å². The number of rotatable bonds is 11. The van der Waals surface area contributed by atoms with E-state index in [0.29, 0.717) is 6.04 Å². The number of nitrogens with one attached hydrogen (secondary N) is 1. The van der Waals surface area contributed by atoms with Crippen LogP contribution >= 0.6 is 0 Å². The van der Waals surface area contributed by atoms with Crippen LogP contribution in [0.5, 0.6) is 0 Å². The molecule has 0 amide bonds. The predicted octanol–water partition coefficient (Wildman–Crippen LogP) is 2.27. The molecule has 1 rings (SSSR count). The van der Waals surface area contributed by atoms with Gasteiger partial charge in [-0.05, 0) is 26.1 Å². The molecule has 0 aliphatic carbocycles. The van der Waals surface area contributed by atoms with E-state index < -0.39 is 0 Å². The van der Waals surface area contributed by atoms with E-state index in [0.717, 1.165) is 57.2 Å². The van der Waals surface area contributed by atoms with E-state index in [4.69, 9.17) is 4.52 Å². The maximum absolute atomic E-state index is 5.37. The maximum Gasteiger partial charge on any atom is 0.228 e. The minimum atomic E-state index is 0.445. The van der Waals surface area contributed by atoms with Gasteiger partial charge in [0.1, 0.15) is 0 Å². The zero-order chi connectivity index (χ0) is 14.8. The third-order valence-electron chi connectivity index (χ3n) is 3.61. The Hall–Kier alpha value is -0.940. The summed E-state index contributed by atoms with van der Waals surface area (Å²) in [6.45, 7) is 12.8. The van der Waals surface area contributed by atoms with Crippen molar-refractivity contribution in [3.63, 3.8) is 0 Å². The quantitative estimate of drug-likeness (QED) is 0.675. The summed E-state index contributed by atoms with van der Waals surface area (Å²) in [5, 5.41) is 7.56. The Morgan fingerprint density at radius 2 is 1.95 bits per heavy atom. The average Bonchev–Trinajstić information content (AvgIpc) is 2.88. The van der Waals surface area contributed by atoms with E-state index in [1.165, 1.54) is 6.42 Å². The fourth-order valence-electron chi connectivity index (χ4n) is 2.40. The summed E-state index contributed by atoms with van der Waals surface area (Å²) in [5.74, 6) is 1.59. The van der Waals surface area contributed by atoms with Crippen LogP contribution in [0.25, 0.3) is 0 Å². The van der Waals surface area contributed by atoms with Crippen molar-refractivity contribution in [3.05, 3.63) is 11.7 Å². The SMILES string of the molecule is CCCC(Cc1nc(CCN(CC)CC)no1)NCC. The first-order valence-corrected chi connectivity index (χ1v) is 8.00. The van der Waals surface area contributed by atoms with Crippen LogP contribution in [0.1, 0.15) is 52.3 Å². The van der Waals surface area contributed by atoms with E-state index >= 15 is 0 Å². The summed E-state index contributed by atoms with van der Waals surface area (Å²) >= 11 is 0. The van der Waals surface area contributed by atoms with E-state index in [9.17, 15) is 0 Å². The third-order valence-corrected chi connectivity index (χ3v) is 3.61. The van der Waals surface area contributed by atoms with E-state index in [-0.39, 0.29) is 0 Å². The molecule has 1 aromatic heterocycles. The first kappa shape index (κ1) is 17.1. The van der Waals surface area contributed by atoms with Crippen molar-refractivity contribution in [2.24, 2.45) is 0 Å². The molecule has 0 radical (unpaired) electrons. The fourth-order valence-corrected chi connectivity index (χ4v) is 2.40. The molecule has 5 heteroatoms. The number of hydrogen-bond donors (Lipinski definition) is 1. The summed E-state index contributed by atoms with van der Waals surface area (Å²) in [7, 11) is 0. The highest BCUT2D eigenvalue weighted by Gasteiger charge is 2.13. The Kier molecular flexibility index (Phi) is 8.46. The van der Waals surface area contributed by atoms with Crippen molar-refractivity contribution >= 4 is 0 Å². The Balaban J connectivity index is 2.45. The minimum Gasteiger partial charge on any atom is -0.339 e. The molecule has 1 N–H and O–H groups in total. The number of nitrogens with zero attached hydrogens (tertiary/aromatic N) is 3. The molecule has 0 spiro atoms. The largest absolute Gasteiger partial charge is 0.339 e. The molecule has 1 unspecified atom stereocenters. The van der Waals surface area contributed by atoms with Gasteiger partial charge in [-0.1, -0.05) is 39.3 Å². The second kappa shape index (κ2) is 9.88. The second-order valence-electron chi connectivity index (χ2n) is 5.13. The van der Waals surface area contributed by atoms with Crippen LogP contribution in [-0.2, 0) is 12.8 Å². The Bertz CT molecular complexity index is 343. The number of aromatic nitrogens is 2. The van der Waals surface area contributed by atoms with Crippen molar-refractivity contribution in [2.45, 2.75) is 59.4 Å². The number of hydrogen-bond acceptors (Lipinski definition) is 5. The zero-order valence-corrected chi connectivity index (χ0v) is 13.5. The molecule has 0 fully saturated rings. The van der Waals surface area contributed by atoms with Gasteiger partial charge >= 0.3 is 0 Å². The maximum atomic E-state index is 5.37. The zero-order valence-electron chi connectivity index (χ0n) is 13.5. The summed E-state index contributed by atoms with van der Waals surface area (Å²) < 4.78 is 5.37. The van der Waals surface area contributed by atoms with Crippen molar-refractivity contribution in [1.29, 1.82) is 0 Å². The first-order chi connectivity index (χ1) is 9.73. The van der Waals surface area contributed by atoms with Crippen LogP contribution in [0.4, 0.5) is 0 Å². The standard InChI is InChI=1S/C15H30N4O/c1-5-9-13(16-6-2)12-15-17-14(18-20-15)10-11-19(7-3)8-4/h13,16H,5-12H2,1-4H3. The smallest absolute Gasteiger partial charge is 0.228 e. The molecular formula is C15H30N4O. The van der Waals surface area contributed by atoms with Crippen molar-refractivity contribution in [3.8, 4) is 0 Å². The topological polar surface area (TPSA) is 54.2 Å². The van der Waals surface area contributed by atoms with Gasteiger partial charge in [0.25, 0.3) is 0 Å². The first-order valence-electron chi connectivity index (χ1n) is 8.00. The Morgan fingerprint density at radius 3 is 2.55 bits per heavy atom. The normalized spacial score (nSPS) is 13.1. The second-order valence-corrected chi connectivity index (χ2v) is 5.13. The van der Waals surface area contributed by atoms with Gasteiger partial charge in [-0.15, -0.1) is 0 Å². The molecule has 0 aliphatic heterocycles. The third kappa shape index (κ3) is 6.01. The van der Waals surface area contributed by atoms with Crippen LogP contribution in [0.3, 0.4) is 0 Å². The van der Waals surface area contributed by atoms with Crippen molar-refractivity contribution < 1.29 is 4.52 Å². The van der Waals surface area contributed by atoms with Gasteiger partial charge in [0.05, 0.1) is 0 Å². The lowest BCUT2D eigenvalue weighted by molar-refractivity contribution is 0.302. The highest BCUT2D eigenvalue weighted by molar-refractivity contribution is 4.90. The molecule has 116 valence electrons. The Labute approximate surface area is 123 Å². The molecule has 1 heterocycles. The lowest BCUT2D eigenvalue weighted by Gasteiger charge is -2.16. The predicted molar refractivity (Wildman–Crippen MR) is 81.9 cm³/mol. The molecule has 0 aromatic carbocycles. The monoisotopic (exact) mass is 282 g/mol. The van der Waals surface area contributed by atoms with Gasteiger partial charge in [0, 0.05) is 25.4 Å². The lowest BCUT2D eigenvalue weighted by atomic mass is 10.1. The summed E-state index contributed by atoms with van der Waals surface area (Å²) in [6.07, 6.45) is 4.01. The average molecular weight is 282 g/mol. The summed E-state index contributed by atoms with van der Waals surface area (Å²) in [5.41, 5.74) is 0. The molecule has 0 saturated heterocycles. The molecular weight excluding hydrogens is 252 g/mol. The van der Waals surface area contributed by atoms with E-state index in [2.05, 4.69) is 48.1 Å². The summed E-state index contributed by atoms with van der Waals surface area (Å²) in [4.78, 5) is 6.88. The molecule has 1 aromatic rings. The van der Waals surface area contributed by atoms with Crippen LogP contribution in [0, 0.1) is 0 Å². The summed E-state index contributed by atoms with van der Waals surface area (Å²) in [6, 6.07) is 0.445. The minimum absolute atomic E-state index is 0.445. The van der Waals surface area contributed by atoms with Crippen molar-refractivity contribution in [2.75, 3.05) is 26.2 Å². The molecule has 0 aliphatic rings. The molecule has 0 bridgehead atoms. The van der Waals surface area contributed by atoms with Crippen LogP contribution < -0.4 is 5.32 Å². The molecule has 0 saturated carbocycles. The number of likely N-dealkylation sites (N-methyl/N-ethyl adjacent to an activating group) is 2. The lowest BCUT2D eigenvalue weighted by Crippen LogP contribution is -2.30. The van der Waals surface area contributed by atoms with Gasteiger partial charge < -0.3 is 14.7 Å². The van der Waals surface area contributed by atoms with Gasteiger partial charge in [-0.2, -0.15) is 4.98 Å². The van der Waals surface area contributed by atoms with Crippen LogP contribution in [0.15, 0.2) is 4.52 Å². The fraction of sp³-hybridized carbons (Fsp3) is 0.867. The van der Waals surface area contributed by atoms with Gasteiger partial charge in [-0.25, -0.2) is 0 Å². The Morgan fingerprint density at radius 1 is 1.20 bits per heavy atom. The highest BCUT2D eigenvalue weighted by atomic mass is 16.5. The van der Waals surface area contributed by atoms with Crippen LogP contribution in [0.2, 0.25) is 0 Å². The molecule has 20 heavy (non-hydrogen) atoms. The molecule has 1 atom stereocenters.